The van der Waals surface area contributed by atoms with E-state index in [1.807, 2.05) is 29.2 Å². The van der Waals surface area contributed by atoms with E-state index in [0.29, 0.717) is 37.7 Å². The van der Waals surface area contributed by atoms with Crippen LogP contribution in [0.25, 0.3) is 0 Å². The van der Waals surface area contributed by atoms with Gasteiger partial charge in [0, 0.05) is 11.6 Å². The molecular formula is C39H42FNO6. The van der Waals surface area contributed by atoms with Crippen molar-refractivity contribution in [2.75, 3.05) is 4.90 Å². The third-order valence-electron chi connectivity index (χ3n) is 9.46. The van der Waals surface area contributed by atoms with E-state index in [-0.39, 0.29) is 36.0 Å². The molecule has 0 spiro atoms. The molecule has 8 heteroatoms. The standard InChI is InChI=1S/C39H42FNO6/c40-31-20-18-29(19-21-31)35(42)25-24-33-36(30-16-12-27(13-17-30)10-5-11-34(38(44)45)39(46)47)41(37(33)43)32-22-14-28(15-23-32)9-4-8-26-6-2-1-3-7-26/h1-3,6-7,12-16,18-23,30,33-36,42H,4-5,8-11,17,24-25H2,(H,44,45)(H,46,47)/t30?,33-,35+,36-/m1/s1. The highest BCUT2D eigenvalue weighted by molar-refractivity contribution is 6.03. The number of aryl methyl sites for hydroxylation is 2. The van der Waals surface area contributed by atoms with Crippen LogP contribution < -0.4 is 4.90 Å². The number of β-lactam (4-membered cyclic amide) rings is 1. The Bertz CT molecular complexity index is 1570. The first-order valence-corrected chi connectivity index (χ1v) is 16.4. The molecule has 1 aliphatic heterocycles. The molecule has 3 N–H and O–H groups in total. The summed E-state index contributed by atoms with van der Waals surface area (Å²) in [6.07, 6.45) is 11.0. The van der Waals surface area contributed by atoms with Crippen molar-refractivity contribution in [1.29, 1.82) is 0 Å². The molecule has 246 valence electrons. The molecule has 1 aliphatic carbocycles. The van der Waals surface area contributed by atoms with Crippen LogP contribution >= 0.6 is 0 Å². The molecule has 7 nitrogen and oxygen atoms in total. The Kier molecular flexibility index (Phi) is 11.4. The first-order valence-electron chi connectivity index (χ1n) is 16.4. The maximum atomic E-state index is 13.7. The van der Waals surface area contributed by atoms with Crippen LogP contribution in [0, 0.1) is 23.6 Å². The lowest BCUT2D eigenvalue weighted by Gasteiger charge is -2.51. The highest BCUT2D eigenvalue weighted by atomic mass is 19.1. The molecule has 3 aromatic carbocycles. The Labute approximate surface area is 275 Å². The molecule has 0 bridgehead atoms. The van der Waals surface area contributed by atoms with Gasteiger partial charge in [0.05, 0.1) is 18.1 Å². The first kappa shape index (κ1) is 33.8. The number of amides is 1. The largest absolute Gasteiger partial charge is 0.481 e. The van der Waals surface area contributed by atoms with E-state index in [4.69, 9.17) is 10.2 Å². The number of carboxylic acid groups (broad SMARTS) is 2. The average Bonchev–Trinajstić information content (AvgIpc) is 3.07. The minimum atomic E-state index is -1.41. The fourth-order valence-corrected chi connectivity index (χ4v) is 6.79. The van der Waals surface area contributed by atoms with Crippen LogP contribution in [0.5, 0.6) is 0 Å². The molecule has 0 aromatic heterocycles. The number of carbonyl (C=O) groups is 3. The number of carboxylic acids is 2. The monoisotopic (exact) mass is 639 g/mol. The van der Waals surface area contributed by atoms with E-state index in [2.05, 4.69) is 48.6 Å². The summed E-state index contributed by atoms with van der Waals surface area (Å²) < 4.78 is 13.4. The van der Waals surface area contributed by atoms with Crippen LogP contribution in [0.1, 0.15) is 67.7 Å². The van der Waals surface area contributed by atoms with Gasteiger partial charge < -0.3 is 20.2 Å². The van der Waals surface area contributed by atoms with Gasteiger partial charge in [-0.2, -0.15) is 0 Å². The highest BCUT2D eigenvalue weighted by Gasteiger charge is 2.50. The number of aliphatic hydroxyl groups excluding tert-OH is 1. The van der Waals surface area contributed by atoms with Crippen LogP contribution in [0.2, 0.25) is 0 Å². The number of rotatable bonds is 16. The number of aliphatic carboxylic acids is 2. The molecular weight excluding hydrogens is 597 g/mol. The predicted octanol–water partition coefficient (Wildman–Crippen LogP) is 7.30. The summed E-state index contributed by atoms with van der Waals surface area (Å²) in [6, 6.07) is 24.3. The molecule has 1 saturated heterocycles. The normalized spacial score (nSPS) is 19.7. The van der Waals surface area contributed by atoms with E-state index in [1.54, 1.807) is 12.1 Å². The van der Waals surface area contributed by atoms with Crippen LogP contribution in [-0.4, -0.2) is 39.2 Å². The average molecular weight is 640 g/mol. The van der Waals surface area contributed by atoms with Crippen molar-refractivity contribution in [3.8, 4) is 0 Å². The predicted molar refractivity (Wildman–Crippen MR) is 178 cm³/mol. The molecule has 1 fully saturated rings. The van der Waals surface area contributed by atoms with Gasteiger partial charge in [-0.3, -0.25) is 14.4 Å². The van der Waals surface area contributed by atoms with Crippen LogP contribution in [0.15, 0.2) is 103 Å². The van der Waals surface area contributed by atoms with Crippen LogP contribution in [0.4, 0.5) is 10.1 Å². The summed E-state index contributed by atoms with van der Waals surface area (Å²) in [6.45, 7) is 0. The molecule has 5 rings (SSSR count). The fourth-order valence-electron chi connectivity index (χ4n) is 6.79. The second kappa shape index (κ2) is 15.8. The Hall–Kier alpha value is -4.56. The van der Waals surface area contributed by atoms with Gasteiger partial charge in [-0.05, 0) is 98.7 Å². The lowest BCUT2D eigenvalue weighted by atomic mass is 9.72. The number of anilines is 1. The molecule has 0 saturated carbocycles. The van der Waals surface area contributed by atoms with Gasteiger partial charge in [-0.15, -0.1) is 0 Å². The summed E-state index contributed by atoms with van der Waals surface area (Å²) >= 11 is 0. The summed E-state index contributed by atoms with van der Waals surface area (Å²) in [4.78, 5) is 38.0. The van der Waals surface area contributed by atoms with Crippen molar-refractivity contribution in [3.63, 3.8) is 0 Å². The van der Waals surface area contributed by atoms with Crippen molar-refractivity contribution in [2.45, 2.75) is 69.9 Å². The van der Waals surface area contributed by atoms with E-state index >= 15 is 0 Å². The highest BCUT2D eigenvalue weighted by Crippen LogP contribution is 2.43. The van der Waals surface area contributed by atoms with E-state index in [1.165, 1.54) is 23.3 Å². The lowest BCUT2D eigenvalue weighted by Crippen LogP contribution is -2.64. The molecule has 1 unspecified atom stereocenters. The zero-order valence-electron chi connectivity index (χ0n) is 26.4. The summed E-state index contributed by atoms with van der Waals surface area (Å²) in [7, 11) is 0. The molecule has 1 heterocycles. The third-order valence-corrected chi connectivity index (χ3v) is 9.46. The number of hydrogen-bond donors (Lipinski definition) is 3. The summed E-state index contributed by atoms with van der Waals surface area (Å²) in [5.41, 5.74) is 5.02. The van der Waals surface area contributed by atoms with Gasteiger partial charge in [0.1, 0.15) is 5.82 Å². The minimum absolute atomic E-state index is 0.0229. The van der Waals surface area contributed by atoms with Gasteiger partial charge in [-0.1, -0.05) is 78.4 Å². The van der Waals surface area contributed by atoms with Crippen molar-refractivity contribution in [3.05, 3.63) is 125 Å². The topological polar surface area (TPSA) is 115 Å². The van der Waals surface area contributed by atoms with E-state index < -0.39 is 24.0 Å². The van der Waals surface area contributed by atoms with E-state index in [0.717, 1.165) is 30.5 Å². The quantitative estimate of drug-likeness (QED) is 0.112. The fraction of sp³-hybridized carbons (Fsp3) is 0.359. The van der Waals surface area contributed by atoms with Crippen molar-refractivity contribution in [1.82, 2.24) is 0 Å². The number of hydrogen-bond acceptors (Lipinski definition) is 4. The van der Waals surface area contributed by atoms with Gasteiger partial charge >= 0.3 is 11.9 Å². The molecule has 3 aromatic rings. The van der Waals surface area contributed by atoms with Crippen LogP contribution in [-0.2, 0) is 27.2 Å². The molecule has 0 radical (unpaired) electrons. The van der Waals surface area contributed by atoms with Gasteiger partial charge in [-0.25, -0.2) is 4.39 Å². The van der Waals surface area contributed by atoms with E-state index in [9.17, 15) is 23.9 Å². The molecule has 2 aliphatic rings. The maximum Gasteiger partial charge on any atom is 0.317 e. The van der Waals surface area contributed by atoms with Gasteiger partial charge in [0.15, 0.2) is 5.92 Å². The number of carbonyl (C=O) groups excluding carboxylic acids is 1. The van der Waals surface area contributed by atoms with Crippen molar-refractivity contribution >= 4 is 23.5 Å². The Morgan fingerprint density at radius 3 is 2.11 bits per heavy atom. The summed E-state index contributed by atoms with van der Waals surface area (Å²) in [5, 5.41) is 29.1. The number of nitrogens with zero attached hydrogens (tertiary/aromatic N) is 1. The zero-order valence-corrected chi connectivity index (χ0v) is 26.4. The van der Waals surface area contributed by atoms with Gasteiger partial charge in [0.2, 0.25) is 5.91 Å². The second-order valence-corrected chi connectivity index (χ2v) is 12.6. The maximum absolute atomic E-state index is 13.7. The summed E-state index contributed by atoms with van der Waals surface area (Å²) in [5.74, 6) is -4.64. The molecule has 47 heavy (non-hydrogen) atoms. The molecule has 4 atom stereocenters. The lowest BCUT2D eigenvalue weighted by molar-refractivity contribution is -0.154. The van der Waals surface area contributed by atoms with Crippen molar-refractivity contribution < 1.29 is 34.1 Å². The smallest absolute Gasteiger partial charge is 0.317 e. The number of allylic oxidation sites excluding steroid dienone is 3. The Balaban J connectivity index is 1.24. The number of aliphatic hydroxyl groups is 1. The minimum Gasteiger partial charge on any atom is -0.481 e. The molecule has 1 amide bonds. The SMILES string of the molecule is O=C(O)C(CCCC1=CCC([C@@H]2[C@@H](CC[C@H](O)c3ccc(F)cc3)C(=O)N2c2ccc(CCCc3ccccc3)cc2)C=C1)C(=O)O. The van der Waals surface area contributed by atoms with Crippen molar-refractivity contribution in [2.24, 2.45) is 17.8 Å². The van der Waals surface area contributed by atoms with Gasteiger partial charge in [0.25, 0.3) is 0 Å². The first-order chi connectivity index (χ1) is 22.7. The second-order valence-electron chi connectivity index (χ2n) is 12.6. The number of halogens is 1. The zero-order chi connectivity index (χ0) is 33.3. The Morgan fingerprint density at radius 1 is 0.830 bits per heavy atom. The number of benzene rings is 3. The third kappa shape index (κ3) is 8.63. The van der Waals surface area contributed by atoms with Crippen LogP contribution in [0.3, 0.4) is 0 Å². The Morgan fingerprint density at radius 2 is 1.49 bits per heavy atom.